The number of halogens is 3. The van der Waals surface area contributed by atoms with E-state index >= 15 is 0 Å². The summed E-state index contributed by atoms with van der Waals surface area (Å²) in [5.41, 5.74) is 4.90. The van der Waals surface area contributed by atoms with Crippen LogP contribution in [0.5, 0.6) is 0 Å². The Bertz CT molecular complexity index is 731. The molecule has 1 aromatic heterocycles. The van der Waals surface area contributed by atoms with Crippen molar-refractivity contribution in [1.82, 2.24) is 4.98 Å². The number of hydrogen-bond acceptors (Lipinski definition) is 5. The molecule has 0 saturated carbocycles. The Morgan fingerprint density at radius 1 is 1.08 bits per heavy atom. The van der Waals surface area contributed by atoms with Crippen LogP contribution in [0.25, 0.3) is 0 Å². The number of hydrazone groups is 1. The summed E-state index contributed by atoms with van der Waals surface area (Å²) in [5, 5.41) is 4.95. The van der Waals surface area contributed by atoms with Gasteiger partial charge in [-0.05, 0) is 23.8 Å². The highest BCUT2D eigenvalue weighted by Crippen LogP contribution is 2.28. The van der Waals surface area contributed by atoms with Crippen LogP contribution < -0.4 is 10.3 Å². The van der Waals surface area contributed by atoms with Crippen LogP contribution >= 0.6 is 34.8 Å². The number of hydrogen-bond donors (Lipinski definition) is 1. The number of nitrogens with zero attached hydrogens (tertiary/aromatic N) is 3. The summed E-state index contributed by atoms with van der Waals surface area (Å²) in [5.74, 6) is 0.354. The summed E-state index contributed by atoms with van der Waals surface area (Å²) in [6.07, 6.45) is 1.68. The van der Waals surface area contributed by atoms with Crippen LogP contribution in [0.2, 0.25) is 15.2 Å². The van der Waals surface area contributed by atoms with E-state index in [0.29, 0.717) is 15.9 Å². The van der Waals surface area contributed by atoms with Crippen molar-refractivity contribution in [2.24, 2.45) is 5.10 Å². The highest BCUT2D eigenvalue weighted by Gasteiger charge is 2.10. The van der Waals surface area contributed by atoms with Gasteiger partial charge in [-0.1, -0.05) is 46.9 Å². The third-order valence-corrected chi connectivity index (χ3v) is 4.50. The number of nitrogens with one attached hydrogen (secondary N) is 1. The van der Waals surface area contributed by atoms with Crippen LogP contribution in [-0.4, -0.2) is 37.5 Å². The molecule has 1 saturated heterocycles. The SMILES string of the molecule is Clc1cc(Cl)c(N/N=C\c2ccc(N3CCOCC3)cc2)nc1Cl. The first-order chi connectivity index (χ1) is 11.6. The first kappa shape index (κ1) is 17.3. The van der Waals surface area contributed by atoms with E-state index in [1.54, 1.807) is 6.21 Å². The molecule has 3 rings (SSSR count). The lowest BCUT2D eigenvalue weighted by molar-refractivity contribution is 0.122. The second-order valence-corrected chi connectivity index (χ2v) is 6.32. The summed E-state index contributed by atoms with van der Waals surface area (Å²) >= 11 is 17.7. The molecule has 0 radical (unpaired) electrons. The van der Waals surface area contributed by atoms with Crippen LogP contribution in [0.3, 0.4) is 0 Å². The molecule has 1 fully saturated rings. The van der Waals surface area contributed by atoms with Crippen molar-refractivity contribution in [3.8, 4) is 0 Å². The monoisotopic (exact) mass is 384 g/mol. The van der Waals surface area contributed by atoms with Gasteiger partial charge in [-0.3, -0.25) is 5.43 Å². The Labute approximate surface area is 155 Å². The van der Waals surface area contributed by atoms with E-state index in [2.05, 4.69) is 32.5 Å². The molecular weight excluding hydrogens is 371 g/mol. The quantitative estimate of drug-likeness (QED) is 0.484. The summed E-state index contributed by atoms with van der Waals surface area (Å²) in [4.78, 5) is 6.33. The van der Waals surface area contributed by atoms with Gasteiger partial charge in [-0.2, -0.15) is 5.10 Å². The van der Waals surface area contributed by atoms with Crippen molar-refractivity contribution in [2.45, 2.75) is 0 Å². The lowest BCUT2D eigenvalue weighted by atomic mass is 10.2. The molecule has 1 aliphatic rings. The Morgan fingerprint density at radius 2 is 1.79 bits per heavy atom. The van der Waals surface area contributed by atoms with E-state index in [1.807, 2.05) is 12.1 Å². The van der Waals surface area contributed by atoms with Gasteiger partial charge in [-0.15, -0.1) is 0 Å². The molecule has 0 amide bonds. The molecule has 2 heterocycles. The van der Waals surface area contributed by atoms with E-state index in [-0.39, 0.29) is 5.15 Å². The Kier molecular flexibility index (Phi) is 5.79. The second-order valence-electron chi connectivity index (χ2n) is 5.15. The van der Waals surface area contributed by atoms with Gasteiger partial charge >= 0.3 is 0 Å². The van der Waals surface area contributed by atoms with Crippen molar-refractivity contribution in [3.63, 3.8) is 0 Å². The maximum Gasteiger partial charge on any atom is 0.166 e. The first-order valence-corrected chi connectivity index (χ1v) is 8.50. The van der Waals surface area contributed by atoms with E-state index < -0.39 is 0 Å². The van der Waals surface area contributed by atoms with Crippen molar-refractivity contribution in [2.75, 3.05) is 36.6 Å². The molecule has 5 nitrogen and oxygen atoms in total. The zero-order valence-electron chi connectivity index (χ0n) is 12.7. The fraction of sp³-hybridized carbons (Fsp3) is 0.250. The minimum atomic E-state index is 0.175. The van der Waals surface area contributed by atoms with Crippen LogP contribution in [0.1, 0.15) is 5.56 Å². The van der Waals surface area contributed by atoms with Gasteiger partial charge in [0, 0.05) is 18.8 Å². The molecule has 0 bridgehead atoms. The Hall–Kier alpha value is -1.53. The highest BCUT2D eigenvalue weighted by molar-refractivity contribution is 6.42. The highest BCUT2D eigenvalue weighted by atomic mass is 35.5. The largest absolute Gasteiger partial charge is 0.378 e. The molecule has 1 aromatic carbocycles. The number of pyridine rings is 1. The van der Waals surface area contributed by atoms with Crippen molar-refractivity contribution in [1.29, 1.82) is 0 Å². The summed E-state index contributed by atoms with van der Waals surface area (Å²) in [7, 11) is 0. The van der Waals surface area contributed by atoms with Gasteiger partial charge < -0.3 is 9.64 Å². The maximum atomic E-state index is 6.03. The van der Waals surface area contributed by atoms with E-state index in [1.165, 1.54) is 11.8 Å². The Morgan fingerprint density at radius 3 is 2.50 bits per heavy atom. The zero-order valence-corrected chi connectivity index (χ0v) is 14.9. The lowest BCUT2D eigenvalue weighted by Crippen LogP contribution is -2.36. The summed E-state index contributed by atoms with van der Waals surface area (Å²) in [6, 6.07) is 9.65. The van der Waals surface area contributed by atoms with Gasteiger partial charge in [-0.25, -0.2) is 4.98 Å². The Balaban J connectivity index is 1.63. The van der Waals surface area contributed by atoms with Crippen LogP contribution in [0.4, 0.5) is 11.5 Å². The topological polar surface area (TPSA) is 49.8 Å². The van der Waals surface area contributed by atoms with Gasteiger partial charge in [0.2, 0.25) is 0 Å². The number of benzene rings is 1. The number of morpholine rings is 1. The first-order valence-electron chi connectivity index (χ1n) is 7.37. The molecule has 1 aliphatic heterocycles. The van der Waals surface area contributed by atoms with Gasteiger partial charge in [0.25, 0.3) is 0 Å². The van der Waals surface area contributed by atoms with E-state index in [9.17, 15) is 0 Å². The predicted molar refractivity (Wildman–Crippen MR) is 100.0 cm³/mol. The molecule has 0 unspecified atom stereocenters. The van der Waals surface area contributed by atoms with Crippen LogP contribution in [0.15, 0.2) is 35.4 Å². The van der Waals surface area contributed by atoms with Gasteiger partial charge in [0.1, 0.15) is 5.15 Å². The normalized spacial score (nSPS) is 15.0. The van der Waals surface area contributed by atoms with Crippen LogP contribution in [0, 0.1) is 0 Å². The predicted octanol–water partition coefficient (Wildman–Crippen LogP) is 4.32. The molecule has 24 heavy (non-hydrogen) atoms. The minimum absolute atomic E-state index is 0.175. The molecule has 126 valence electrons. The number of rotatable bonds is 4. The number of aromatic nitrogens is 1. The molecule has 0 aliphatic carbocycles. The fourth-order valence-electron chi connectivity index (χ4n) is 2.28. The van der Waals surface area contributed by atoms with Gasteiger partial charge in [0.15, 0.2) is 5.82 Å². The standard InChI is InChI=1S/C16H15Cl3N4O/c17-13-9-14(18)16(21-15(13)19)22-20-10-11-1-3-12(4-2-11)23-5-7-24-8-6-23/h1-4,9-10H,5-8H2,(H,21,22)/b20-10-. The number of ether oxygens (including phenoxy) is 1. The fourth-order valence-corrected chi connectivity index (χ4v) is 2.82. The lowest BCUT2D eigenvalue weighted by Gasteiger charge is -2.28. The molecule has 8 heteroatoms. The van der Waals surface area contributed by atoms with Crippen molar-refractivity contribution in [3.05, 3.63) is 51.1 Å². The van der Waals surface area contributed by atoms with Gasteiger partial charge in [0.05, 0.1) is 29.5 Å². The second kappa shape index (κ2) is 8.03. The molecule has 0 atom stereocenters. The molecule has 0 spiro atoms. The van der Waals surface area contributed by atoms with E-state index in [0.717, 1.165) is 31.9 Å². The molecular formula is C16H15Cl3N4O. The van der Waals surface area contributed by atoms with Crippen LogP contribution in [-0.2, 0) is 4.74 Å². The molecule has 1 N–H and O–H groups in total. The average Bonchev–Trinajstić information content (AvgIpc) is 2.61. The third-order valence-electron chi connectivity index (χ3n) is 3.54. The van der Waals surface area contributed by atoms with Crippen molar-refractivity contribution < 1.29 is 4.74 Å². The smallest absolute Gasteiger partial charge is 0.166 e. The van der Waals surface area contributed by atoms with Crippen molar-refractivity contribution >= 4 is 52.5 Å². The number of anilines is 2. The molecule has 2 aromatic rings. The third kappa shape index (κ3) is 4.30. The summed E-state index contributed by atoms with van der Waals surface area (Å²) in [6.45, 7) is 3.36. The maximum absolute atomic E-state index is 6.03. The average molecular weight is 386 g/mol. The van der Waals surface area contributed by atoms with E-state index in [4.69, 9.17) is 39.5 Å². The zero-order chi connectivity index (χ0) is 16.9. The minimum Gasteiger partial charge on any atom is -0.378 e. The summed E-state index contributed by atoms with van der Waals surface area (Å²) < 4.78 is 5.36.